The van der Waals surface area contributed by atoms with Gasteiger partial charge in [0, 0.05) is 13.1 Å². The van der Waals surface area contributed by atoms with E-state index >= 15 is 0 Å². The molecular formula is C25H24FN3O5S2. The number of benzene rings is 2. The van der Waals surface area contributed by atoms with Crippen LogP contribution in [0.25, 0.3) is 10.2 Å². The lowest BCUT2D eigenvalue weighted by Gasteiger charge is -2.33. The Morgan fingerprint density at radius 1 is 1.25 bits per heavy atom. The van der Waals surface area contributed by atoms with Gasteiger partial charge < -0.3 is 9.15 Å². The van der Waals surface area contributed by atoms with E-state index in [1.165, 1.54) is 27.8 Å². The van der Waals surface area contributed by atoms with Crippen molar-refractivity contribution in [3.05, 3.63) is 72.4 Å². The van der Waals surface area contributed by atoms with Gasteiger partial charge in [-0.2, -0.15) is 4.31 Å². The number of carbonyl (C=O) groups is 1. The van der Waals surface area contributed by atoms with Crippen LogP contribution in [0.1, 0.15) is 18.6 Å². The quantitative estimate of drug-likeness (QED) is 0.345. The monoisotopic (exact) mass is 529 g/mol. The zero-order chi connectivity index (χ0) is 25.3. The van der Waals surface area contributed by atoms with Crippen LogP contribution in [0.15, 0.2) is 70.2 Å². The van der Waals surface area contributed by atoms with Gasteiger partial charge in [0.15, 0.2) is 5.13 Å². The Balaban J connectivity index is 1.43. The predicted octanol–water partition coefficient (Wildman–Crippen LogP) is 4.67. The number of methoxy groups -OCH3 is 1. The highest BCUT2D eigenvalue weighted by Crippen LogP contribution is 2.34. The molecule has 2 aromatic carbocycles. The van der Waals surface area contributed by atoms with Gasteiger partial charge in [-0.3, -0.25) is 9.69 Å². The molecule has 8 nitrogen and oxygen atoms in total. The highest BCUT2D eigenvalue weighted by atomic mass is 32.2. The Kier molecular flexibility index (Phi) is 6.78. The molecule has 11 heteroatoms. The molecule has 0 spiro atoms. The molecule has 0 radical (unpaired) electrons. The zero-order valence-electron chi connectivity index (χ0n) is 19.5. The Morgan fingerprint density at radius 2 is 2.06 bits per heavy atom. The first-order valence-electron chi connectivity index (χ1n) is 11.4. The number of anilines is 1. The smallest absolute Gasteiger partial charge is 0.243 e. The SMILES string of the molecule is COc1ccc2nc(N(Cc3ccco3)C(=O)C3CCCN(S(=O)(=O)c4ccc(F)cc4)C3)sc2c1. The lowest BCUT2D eigenvalue weighted by molar-refractivity contribution is -0.123. The molecule has 0 bridgehead atoms. The number of thiazole rings is 1. The number of aromatic nitrogens is 1. The van der Waals surface area contributed by atoms with Gasteiger partial charge in [0.05, 0.1) is 40.9 Å². The van der Waals surface area contributed by atoms with Crippen molar-refractivity contribution in [1.29, 1.82) is 0 Å². The predicted molar refractivity (Wildman–Crippen MR) is 134 cm³/mol. The maximum absolute atomic E-state index is 13.8. The third-order valence-electron chi connectivity index (χ3n) is 6.16. The highest BCUT2D eigenvalue weighted by Gasteiger charge is 2.36. The molecule has 4 aromatic rings. The van der Waals surface area contributed by atoms with Crippen molar-refractivity contribution in [2.45, 2.75) is 24.3 Å². The van der Waals surface area contributed by atoms with Gasteiger partial charge >= 0.3 is 0 Å². The average Bonchev–Trinajstić information content (AvgIpc) is 3.56. The summed E-state index contributed by atoms with van der Waals surface area (Å²) < 4.78 is 52.7. The fourth-order valence-electron chi connectivity index (χ4n) is 4.27. The average molecular weight is 530 g/mol. The number of sulfonamides is 1. The minimum Gasteiger partial charge on any atom is -0.497 e. The van der Waals surface area contributed by atoms with E-state index in [1.807, 2.05) is 18.2 Å². The van der Waals surface area contributed by atoms with Crippen molar-refractivity contribution in [3.63, 3.8) is 0 Å². The summed E-state index contributed by atoms with van der Waals surface area (Å²) in [5.41, 5.74) is 0.734. The van der Waals surface area contributed by atoms with E-state index in [2.05, 4.69) is 4.98 Å². The first kappa shape index (κ1) is 24.4. The zero-order valence-corrected chi connectivity index (χ0v) is 21.1. The molecular weight excluding hydrogens is 505 g/mol. The summed E-state index contributed by atoms with van der Waals surface area (Å²) in [6, 6.07) is 13.8. The molecule has 2 aromatic heterocycles. The molecule has 0 saturated carbocycles. The number of piperidine rings is 1. The second kappa shape index (κ2) is 10.00. The Bertz CT molecular complexity index is 1470. The number of carbonyl (C=O) groups excluding carboxylic acids is 1. The normalized spacial score (nSPS) is 16.8. The van der Waals surface area contributed by atoms with Crippen molar-refractivity contribution >= 4 is 42.6 Å². The Morgan fingerprint density at radius 3 is 2.78 bits per heavy atom. The molecule has 0 aliphatic carbocycles. The van der Waals surface area contributed by atoms with Gasteiger partial charge in [0.1, 0.15) is 17.3 Å². The summed E-state index contributed by atoms with van der Waals surface area (Å²) in [6.45, 7) is 0.499. The fourth-order valence-corrected chi connectivity index (χ4v) is 6.79. The van der Waals surface area contributed by atoms with Crippen LogP contribution < -0.4 is 9.64 Å². The Labute approximate surface area is 212 Å². The van der Waals surface area contributed by atoms with Gasteiger partial charge in [0.2, 0.25) is 15.9 Å². The van der Waals surface area contributed by atoms with Crippen LogP contribution in [0.3, 0.4) is 0 Å². The van der Waals surface area contributed by atoms with E-state index in [0.29, 0.717) is 36.0 Å². The lowest BCUT2D eigenvalue weighted by atomic mass is 9.98. The van der Waals surface area contributed by atoms with Crippen LogP contribution in [0.4, 0.5) is 9.52 Å². The standard InChI is InChI=1S/C25H24FN3O5S2/c1-33-19-8-11-22-23(14-19)35-25(27-22)29(16-20-5-3-13-34-20)24(30)17-4-2-12-28(15-17)36(31,32)21-9-6-18(26)7-10-21/h3,5-11,13-14,17H,2,4,12,15-16H2,1H3. The van der Waals surface area contributed by atoms with E-state index in [4.69, 9.17) is 9.15 Å². The van der Waals surface area contributed by atoms with Crippen molar-refractivity contribution in [2.24, 2.45) is 5.92 Å². The maximum atomic E-state index is 13.8. The number of amides is 1. The second-order valence-corrected chi connectivity index (χ2v) is 11.4. The number of hydrogen-bond donors (Lipinski definition) is 0. The summed E-state index contributed by atoms with van der Waals surface area (Å²) in [7, 11) is -2.28. The van der Waals surface area contributed by atoms with E-state index in [-0.39, 0.29) is 23.9 Å². The van der Waals surface area contributed by atoms with Crippen LogP contribution in [0, 0.1) is 11.7 Å². The van der Waals surface area contributed by atoms with Crippen LogP contribution in [-0.2, 0) is 21.4 Å². The molecule has 1 saturated heterocycles. The molecule has 0 N–H and O–H groups in total. The van der Waals surface area contributed by atoms with Crippen LogP contribution >= 0.6 is 11.3 Å². The summed E-state index contributed by atoms with van der Waals surface area (Å²) >= 11 is 1.36. The van der Waals surface area contributed by atoms with Gasteiger partial charge in [-0.1, -0.05) is 11.3 Å². The van der Waals surface area contributed by atoms with Crippen LogP contribution in [0.2, 0.25) is 0 Å². The molecule has 1 amide bonds. The van der Waals surface area contributed by atoms with E-state index in [1.54, 1.807) is 30.4 Å². The van der Waals surface area contributed by atoms with E-state index < -0.39 is 21.8 Å². The van der Waals surface area contributed by atoms with Gasteiger partial charge in [0.25, 0.3) is 0 Å². The fraction of sp³-hybridized carbons (Fsp3) is 0.280. The van der Waals surface area contributed by atoms with Gasteiger partial charge in [-0.15, -0.1) is 0 Å². The minimum absolute atomic E-state index is 0.00422. The topological polar surface area (TPSA) is 92.9 Å². The number of halogens is 1. The summed E-state index contributed by atoms with van der Waals surface area (Å²) in [5, 5.41) is 0.498. The summed E-state index contributed by atoms with van der Waals surface area (Å²) in [4.78, 5) is 20.1. The van der Waals surface area contributed by atoms with Gasteiger partial charge in [-0.05, 0) is 67.4 Å². The molecule has 1 unspecified atom stereocenters. The van der Waals surface area contributed by atoms with Crippen LogP contribution in [-0.4, -0.2) is 43.8 Å². The van der Waals surface area contributed by atoms with Crippen molar-refractivity contribution in [3.8, 4) is 5.75 Å². The molecule has 1 aliphatic rings. The molecule has 1 aliphatic heterocycles. The number of nitrogens with zero attached hydrogens (tertiary/aromatic N) is 3. The van der Waals surface area contributed by atoms with Crippen LogP contribution in [0.5, 0.6) is 5.75 Å². The first-order valence-corrected chi connectivity index (χ1v) is 13.6. The van der Waals surface area contributed by atoms with E-state index in [0.717, 1.165) is 22.3 Å². The number of fused-ring (bicyclic) bond motifs is 1. The number of rotatable bonds is 7. The number of hydrogen-bond acceptors (Lipinski definition) is 7. The van der Waals surface area contributed by atoms with Gasteiger partial charge in [-0.25, -0.2) is 17.8 Å². The molecule has 1 atom stereocenters. The summed E-state index contributed by atoms with van der Waals surface area (Å²) in [5.74, 6) is -0.0214. The Hall–Kier alpha value is -3.28. The van der Waals surface area contributed by atoms with Crippen molar-refractivity contribution in [1.82, 2.24) is 9.29 Å². The maximum Gasteiger partial charge on any atom is 0.243 e. The molecule has 3 heterocycles. The minimum atomic E-state index is -3.86. The van der Waals surface area contributed by atoms with Crippen molar-refractivity contribution in [2.75, 3.05) is 25.1 Å². The second-order valence-electron chi connectivity index (χ2n) is 8.49. The van der Waals surface area contributed by atoms with Crippen molar-refractivity contribution < 1.29 is 26.8 Å². The molecule has 1 fully saturated rings. The molecule has 188 valence electrons. The first-order chi connectivity index (χ1) is 17.3. The van der Waals surface area contributed by atoms with E-state index in [9.17, 15) is 17.6 Å². The lowest BCUT2D eigenvalue weighted by Crippen LogP contribution is -2.46. The third kappa shape index (κ3) is 4.86. The number of furan rings is 1. The molecule has 36 heavy (non-hydrogen) atoms. The summed E-state index contributed by atoms with van der Waals surface area (Å²) in [6.07, 6.45) is 2.61. The molecule has 5 rings (SSSR count). The largest absolute Gasteiger partial charge is 0.497 e. The third-order valence-corrected chi connectivity index (χ3v) is 9.08. The number of ether oxygens (including phenoxy) is 1. The highest BCUT2D eigenvalue weighted by molar-refractivity contribution is 7.89.